The van der Waals surface area contributed by atoms with Crippen molar-refractivity contribution in [3.63, 3.8) is 0 Å². The minimum absolute atomic E-state index is 0.0571. The fourth-order valence-corrected chi connectivity index (χ4v) is 1.95. The van der Waals surface area contributed by atoms with E-state index in [1.54, 1.807) is 13.0 Å². The summed E-state index contributed by atoms with van der Waals surface area (Å²) >= 11 is 3.10. The van der Waals surface area contributed by atoms with Gasteiger partial charge >= 0.3 is 5.97 Å². The van der Waals surface area contributed by atoms with Crippen LogP contribution in [-0.2, 0) is 4.79 Å². The minimum Gasteiger partial charge on any atom is -0.481 e. The quantitative estimate of drug-likeness (QED) is 0.871. The molecule has 0 bridgehead atoms. The molecule has 0 aliphatic heterocycles. The van der Waals surface area contributed by atoms with Crippen LogP contribution in [0.4, 0.5) is 4.39 Å². The van der Waals surface area contributed by atoms with Gasteiger partial charge in [-0.1, -0.05) is 13.0 Å². The number of carboxylic acids is 1. The molecule has 0 heterocycles. The van der Waals surface area contributed by atoms with Crippen molar-refractivity contribution < 1.29 is 19.1 Å². The second-order valence-corrected chi connectivity index (χ2v) is 5.35. The molecule has 0 aromatic heterocycles. The van der Waals surface area contributed by atoms with Crippen molar-refractivity contribution in [2.24, 2.45) is 5.41 Å². The monoisotopic (exact) mass is 331 g/mol. The van der Waals surface area contributed by atoms with Gasteiger partial charge in [0.15, 0.2) is 0 Å². The first-order valence-electron chi connectivity index (χ1n) is 5.77. The third kappa shape index (κ3) is 3.53. The molecule has 6 heteroatoms. The highest BCUT2D eigenvalue weighted by molar-refractivity contribution is 9.10. The fourth-order valence-electron chi connectivity index (χ4n) is 1.43. The number of benzene rings is 1. The smallest absolute Gasteiger partial charge is 0.311 e. The molecule has 2 N–H and O–H groups in total. The molecule has 4 nitrogen and oxygen atoms in total. The zero-order valence-electron chi connectivity index (χ0n) is 10.7. The number of nitrogens with one attached hydrogen (secondary N) is 1. The number of hydrogen-bond donors (Lipinski definition) is 2. The molecule has 19 heavy (non-hydrogen) atoms. The Morgan fingerprint density at radius 2 is 2.11 bits per heavy atom. The summed E-state index contributed by atoms with van der Waals surface area (Å²) in [6.45, 7) is 3.20. The maximum absolute atomic E-state index is 13.6. The van der Waals surface area contributed by atoms with Gasteiger partial charge in [0.2, 0.25) is 0 Å². The van der Waals surface area contributed by atoms with Gasteiger partial charge in [0.1, 0.15) is 5.82 Å². The second kappa shape index (κ2) is 6.14. The highest BCUT2D eigenvalue weighted by Gasteiger charge is 2.32. The first-order chi connectivity index (χ1) is 8.81. The lowest BCUT2D eigenvalue weighted by Gasteiger charge is -2.23. The van der Waals surface area contributed by atoms with Crippen LogP contribution in [0.3, 0.4) is 0 Å². The van der Waals surface area contributed by atoms with E-state index in [4.69, 9.17) is 5.11 Å². The van der Waals surface area contributed by atoms with Crippen LogP contribution >= 0.6 is 15.9 Å². The SMILES string of the molecule is CCC(C)(CNC(=O)c1c(F)cccc1Br)C(=O)O. The molecule has 0 saturated carbocycles. The molecule has 1 aromatic rings. The summed E-state index contributed by atoms with van der Waals surface area (Å²) in [6, 6.07) is 4.20. The van der Waals surface area contributed by atoms with Crippen LogP contribution < -0.4 is 5.32 Å². The van der Waals surface area contributed by atoms with E-state index in [0.29, 0.717) is 10.9 Å². The standard InChI is InChI=1S/C13H15BrFNO3/c1-3-13(2,12(18)19)7-16-11(17)10-8(14)5-4-6-9(10)15/h4-6H,3,7H2,1-2H3,(H,16,17)(H,18,19). The zero-order chi connectivity index (χ0) is 14.6. The van der Waals surface area contributed by atoms with Gasteiger partial charge in [0.25, 0.3) is 5.91 Å². The van der Waals surface area contributed by atoms with E-state index in [0.717, 1.165) is 0 Å². The molecular formula is C13H15BrFNO3. The summed E-state index contributed by atoms with van der Waals surface area (Å²) in [6.07, 6.45) is 0.362. The molecule has 1 atom stereocenters. The summed E-state index contributed by atoms with van der Waals surface area (Å²) in [4.78, 5) is 23.0. The summed E-state index contributed by atoms with van der Waals surface area (Å²) < 4.78 is 13.9. The van der Waals surface area contributed by atoms with Gasteiger partial charge in [-0.2, -0.15) is 0 Å². The number of amides is 1. The Morgan fingerprint density at radius 3 is 2.58 bits per heavy atom. The Bertz CT molecular complexity index is 486. The van der Waals surface area contributed by atoms with E-state index < -0.39 is 23.1 Å². The van der Waals surface area contributed by atoms with Crippen LogP contribution in [0, 0.1) is 11.2 Å². The predicted molar refractivity (Wildman–Crippen MR) is 72.5 cm³/mol. The third-order valence-electron chi connectivity index (χ3n) is 3.13. The Hall–Kier alpha value is -1.43. The highest BCUT2D eigenvalue weighted by atomic mass is 79.9. The Morgan fingerprint density at radius 1 is 1.47 bits per heavy atom. The summed E-state index contributed by atoms with van der Waals surface area (Å²) in [5, 5.41) is 11.6. The molecule has 0 aliphatic rings. The maximum Gasteiger partial charge on any atom is 0.311 e. The molecule has 1 aromatic carbocycles. The number of aliphatic carboxylic acids is 1. The van der Waals surface area contributed by atoms with Crippen LogP contribution in [0.15, 0.2) is 22.7 Å². The van der Waals surface area contributed by atoms with Crippen molar-refractivity contribution in [3.8, 4) is 0 Å². The van der Waals surface area contributed by atoms with Crippen molar-refractivity contribution in [1.82, 2.24) is 5.32 Å². The first kappa shape index (κ1) is 15.6. The molecule has 1 unspecified atom stereocenters. The van der Waals surface area contributed by atoms with E-state index in [-0.39, 0.29) is 12.1 Å². The van der Waals surface area contributed by atoms with Crippen molar-refractivity contribution in [2.75, 3.05) is 6.54 Å². The second-order valence-electron chi connectivity index (χ2n) is 4.50. The maximum atomic E-state index is 13.6. The summed E-state index contributed by atoms with van der Waals surface area (Å²) in [5.41, 5.74) is -1.18. The summed E-state index contributed by atoms with van der Waals surface area (Å²) in [7, 11) is 0. The predicted octanol–water partition coefficient (Wildman–Crippen LogP) is 2.82. The van der Waals surface area contributed by atoms with Gasteiger partial charge in [-0.15, -0.1) is 0 Å². The lowest BCUT2D eigenvalue weighted by atomic mass is 9.87. The molecule has 1 rings (SSSR count). The zero-order valence-corrected chi connectivity index (χ0v) is 12.3. The number of rotatable bonds is 5. The highest BCUT2D eigenvalue weighted by Crippen LogP contribution is 2.22. The first-order valence-corrected chi connectivity index (χ1v) is 6.56. The molecule has 0 aliphatic carbocycles. The van der Waals surface area contributed by atoms with E-state index >= 15 is 0 Å². The molecule has 104 valence electrons. The number of carbonyl (C=O) groups is 2. The largest absolute Gasteiger partial charge is 0.481 e. The summed E-state index contributed by atoms with van der Waals surface area (Å²) in [5.74, 6) is -2.28. The third-order valence-corrected chi connectivity index (χ3v) is 3.79. The van der Waals surface area contributed by atoms with Crippen LogP contribution in [0.25, 0.3) is 0 Å². The van der Waals surface area contributed by atoms with Crippen molar-refractivity contribution in [1.29, 1.82) is 0 Å². The van der Waals surface area contributed by atoms with Gasteiger partial charge in [0, 0.05) is 11.0 Å². The van der Waals surface area contributed by atoms with E-state index in [2.05, 4.69) is 21.2 Å². The average Bonchev–Trinajstić information content (AvgIpc) is 2.35. The fraction of sp³-hybridized carbons (Fsp3) is 0.385. The van der Waals surface area contributed by atoms with Gasteiger partial charge in [-0.25, -0.2) is 4.39 Å². The van der Waals surface area contributed by atoms with E-state index in [1.807, 2.05) is 0 Å². The Balaban J connectivity index is 2.84. The Kier molecular flexibility index (Phi) is 5.05. The molecule has 0 fully saturated rings. The number of hydrogen-bond acceptors (Lipinski definition) is 2. The number of carbonyl (C=O) groups excluding carboxylic acids is 1. The van der Waals surface area contributed by atoms with Crippen LogP contribution in [0.2, 0.25) is 0 Å². The topological polar surface area (TPSA) is 66.4 Å². The van der Waals surface area contributed by atoms with Gasteiger partial charge < -0.3 is 10.4 Å². The molecule has 0 spiro atoms. The molecule has 0 saturated heterocycles. The average molecular weight is 332 g/mol. The van der Waals surface area contributed by atoms with Crippen molar-refractivity contribution >= 4 is 27.8 Å². The van der Waals surface area contributed by atoms with Crippen LogP contribution in [-0.4, -0.2) is 23.5 Å². The minimum atomic E-state index is -1.06. The normalized spacial score (nSPS) is 13.7. The van der Waals surface area contributed by atoms with Crippen LogP contribution in [0.1, 0.15) is 30.6 Å². The van der Waals surface area contributed by atoms with Crippen LogP contribution in [0.5, 0.6) is 0 Å². The molecule has 1 amide bonds. The molecule has 0 radical (unpaired) electrons. The number of carboxylic acid groups (broad SMARTS) is 1. The Labute approximate surface area is 119 Å². The van der Waals surface area contributed by atoms with Gasteiger partial charge in [0.05, 0.1) is 11.0 Å². The van der Waals surface area contributed by atoms with E-state index in [9.17, 15) is 14.0 Å². The lowest BCUT2D eigenvalue weighted by molar-refractivity contribution is -0.147. The van der Waals surface area contributed by atoms with Gasteiger partial charge in [-0.05, 0) is 41.4 Å². The van der Waals surface area contributed by atoms with Crippen molar-refractivity contribution in [2.45, 2.75) is 20.3 Å². The number of halogens is 2. The van der Waals surface area contributed by atoms with Gasteiger partial charge in [-0.3, -0.25) is 9.59 Å². The van der Waals surface area contributed by atoms with Crippen molar-refractivity contribution in [3.05, 3.63) is 34.1 Å². The van der Waals surface area contributed by atoms with E-state index in [1.165, 1.54) is 19.1 Å². The molecular weight excluding hydrogens is 317 g/mol. The lowest BCUT2D eigenvalue weighted by Crippen LogP contribution is -2.40.